The third-order valence-electron chi connectivity index (χ3n) is 6.67. The number of phenols is 1. The summed E-state index contributed by atoms with van der Waals surface area (Å²) in [7, 11) is 0. The molecule has 222 valence electrons. The van der Waals surface area contributed by atoms with Crippen LogP contribution in [0, 0.1) is 20.8 Å². The lowest BCUT2D eigenvalue weighted by Crippen LogP contribution is -2.53. The van der Waals surface area contributed by atoms with Gasteiger partial charge in [0.1, 0.15) is 23.4 Å². The molecule has 0 aliphatic heterocycles. The Morgan fingerprint density at radius 1 is 0.976 bits per heavy atom. The minimum Gasteiger partial charge on any atom is -0.508 e. The van der Waals surface area contributed by atoms with Gasteiger partial charge in [-0.2, -0.15) is 0 Å². The monoisotopic (exact) mass is 571 g/mol. The van der Waals surface area contributed by atoms with E-state index in [-0.39, 0.29) is 18.7 Å². The number of para-hydroxylation sites is 1. The summed E-state index contributed by atoms with van der Waals surface area (Å²) in [5, 5.41) is 15.5. The number of nitrogens with one attached hydrogen (secondary N) is 2. The lowest BCUT2D eigenvalue weighted by molar-refractivity contribution is -0.140. The molecule has 0 saturated carbocycles. The maximum Gasteiger partial charge on any atom is 0.408 e. The first-order chi connectivity index (χ1) is 19.8. The fourth-order valence-corrected chi connectivity index (χ4v) is 4.60. The molecule has 8 heteroatoms. The second-order valence-electron chi connectivity index (χ2n) is 11.4. The molecular weight excluding hydrogens is 530 g/mol. The molecule has 8 nitrogen and oxygen atoms in total. The first-order valence-electron chi connectivity index (χ1n) is 13.9. The van der Waals surface area contributed by atoms with Crippen LogP contribution < -0.4 is 10.6 Å². The van der Waals surface area contributed by atoms with Crippen LogP contribution in [0.2, 0.25) is 0 Å². The van der Waals surface area contributed by atoms with Gasteiger partial charge in [-0.1, -0.05) is 60.2 Å². The number of nitrogens with zero attached hydrogens (tertiary/aromatic N) is 1. The topological polar surface area (TPSA) is 108 Å². The number of hydrogen-bond donors (Lipinski definition) is 3. The van der Waals surface area contributed by atoms with Crippen LogP contribution in [0.25, 0.3) is 0 Å². The van der Waals surface area contributed by atoms with Crippen LogP contribution in [0.5, 0.6) is 5.75 Å². The van der Waals surface area contributed by atoms with Gasteiger partial charge in [0.05, 0.1) is 0 Å². The summed E-state index contributed by atoms with van der Waals surface area (Å²) in [6.07, 6.45) is 0.901. The summed E-state index contributed by atoms with van der Waals surface area (Å²) < 4.78 is 5.47. The van der Waals surface area contributed by atoms with E-state index in [2.05, 4.69) is 17.2 Å². The average molecular weight is 572 g/mol. The van der Waals surface area contributed by atoms with Crippen molar-refractivity contribution in [3.63, 3.8) is 0 Å². The Hall–Kier alpha value is -4.59. The molecule has 3 rings (SSSR count). The third-order valence-corrected chi connectivity index (χ3v) is 6.67. The molecule has 0 fully saturated rings. The predicted octanol–water partition coefficient (Wildman–Crippen LogP) is 6.15. The molecule has 0 aromatic heterocycles. The zero-order valence-electron chi connectivity index (χ0n) is 25.2. The highest BCUT2D eigenvalue weighted by molar-refractivity contribution is 5.99. The van der Waals surface area contributed by atoms with Crippen LogP contribution in [0.15, 0.2) is 79.4 Å². The number of aromatic hydroxyl groups is 1. The van der Waals surface area contributed by atoms with Gasteiger partial charge >= 0.3 is 6.09 Å². The zero-order valence-corrected chi connectivity index (χ0v) is 25.2. The molecule has 3 N–H and O–H groups in total. The quantitative estimate of drug-likeness (QED) is 0.253. The Morgan fingerprint density at radius 2 is 1.64 bits per heavy atom. The largest absolute Gasteiger partial charge is 0.508 e. The van der Waals surface area contributed by atoms with Gasteiger partial charge in [0.25, 0.3) is 5.91 Å². The highest BCUT2D eigenvalue weighted by Crippen LogP contribution is 2.29. The van der Waals surface area contributed by atoms with Gasteiger partial charge < -0.3 is 25.4 Å². The van der Waals surface area contributed by atoms with Crippen LogP contribution in [0.1, 0.15) is 54.6 Å². The highest BCUT2D eigenvalue weighted by Gasteiger charge is 2.37. The second-order valence-corrected chi connectivity index (χ2v) is 11.4. The number of alkyl carbamates (subject to hydrolysis) is 1. The first kappa shape index (κ1) is 31.9. The summed E-state index contributed by atoms with van der Waals surface area (Å²) in [5.41, 5.74) is 3.86. The molecule has 42 heavy (non-hydrogen) atoms. The fraction of sp³-hybridized carbons (Fsp3) is 0.324. The summed E-state index contributed by atoms with van der Waals surface area (Å²) in [6, 6.07) is 17.5. The van der Waals surface area contributed by atoms with Crippen LogP contribution >= 0.6 is 0 Å². The predicted molar refractivity (Wildman–Crippen MR) is 165 cm³/mol. The van der Waals surface area contributed by atoms with Crippen LogP contribution in [0.3, 0.4) is 0 Å². The van der Waals surface area contributed by atoms with Crippen molar-refractivity contribution in [1.82, 2.24) is 10.2 Å². The van der Waals surface area contributed by atoms with Crippen molar-refractivity contribution in [2.24, 2.45) is 0 Å². The Morgan fingerprint density at radius 3 is 2.26 bits per heavy atom. The number of anilines is 1. The second kappa shape index (κ2) is 13.9. The normalized spacial score (nSPS) is 12.5. The van der Waals surface area contributed by atoms with Crippen molar-refractivity contribution in [3.8, 4) is 5.75 Å². The van der Waals surface area contributed by atoms with Gasteiger partial charge in [-0.3, -0.25) is 9.59 Å². The minimum atomic E-state index is -1.08. The maximum absolute atomic E-state index is 14.4. The molecule has 0 saturated heterocycles. The molecule has 3 aromatic carbocycles. The Kier molecular flexibility index (Phi) is 10.5. The van der Waals surface area contributed by atoms with Gasteiger partial charge in [0.15, 0.2) is 0 Å². The first-order valence-corrected chi connectivity index (χ1v) is 13.9. The van der Waals surface area contributed by atoms with E-state index in [0.717, 1.165) is 16.7 Å². The Balaban J connectivity index is 2.09. The van der Waals surface area contributed by atoms with E-state index in [1.54, 1.807) is 39.0 Å². The number of carbonyl (C=O) groups is 3. The lowest BCUT2D eigenvalue weighted by atomic mass is 9.95. The summed E-state index contributed by atoms with van der Waals surface area (Å²) in [5.74, 6) is -0.800. The van der Waals surface area contributed by atoms with Crippen LogP contribution in [0.4, 0.5) is 10.5 Å². The third kappa shape index (κ3) is 8.70. The van der Waals surface area contributed by atoms with Crippen molar-refractivity contribution in [1.29, 1.82) is 0 Å². The molecule has 0 heterocycles. The van der Waals surface area contributed by atoms with Gasteiger partial charge in [-0.05, 0) is 82.0 Å². The van der Waals surface area contributed by atoms with E-state index >= 15 is 0 Å². The number of aryl methyl sites for hydroxylation is 3. The van der Waals surface area contributed by atoms with Crippen LogP contribution in [-0.2, 0) is 20.7 Å². The maximum atomic E-state index is 14.4. The Bertz CT molecular complexity index is 1430. The van der Waals surface area contributed by atoms with E-state index < -0.39 is 35.6 Å². The van der Waals surface area contributed by atoms with E-state index in [4.69, 9.17) is 4.74 Å². The minimum absolute atomic E-state index is 0.0418. The number of phenolic OH excluding ortho intramolecular Hbond substituents is 1. The molecule has 2 atom stereocenters. The lowest BCUT2D eigenvalue weighted by Gasteiger charge is -2.34. The molecule has 2 unspecified atom stereocenters. The van der Waals surface area contributed by atoms with Crippen molar-refractivity contribution in [3.05, 3.63) is 107 Å². The number of hydrogen-bond acceptors (Lipinski definition) is 5. The summed E-state index contributed by atoms with van der Waals surface area (Å²) >= 11 is 0. The van der Waals surface area contributed by atoms with Crippen molar-refractivity contribution in [2.75, 3.05) is 11.9 Å². The Labute approximate surface area is 248 Å². The van der Waals surface area contributed by atoms with E-state index in [0.29, 0.717) is 16.8 Å². The number of rotatable bonds is 10. The van der Waals surface area contributed by atoms with Gasteiger partial charge in [-0.15, -0.1) is 6.58 Å². The summed E-state index contributed by atoms with van der Waals surface area (Å²) in [6.45, 7) is 14.8. The van der Waals surface area contributed by atoms with Crippen molar-refractivity contribution >= 4 is 23.6 Å². The molecule has 3 amide bonds. The number of benzene rings is 3. The number of carbonyl (C=O) groups excluding carboxylic acids is 3. The SMILES string of the molecule is C=CCN(C(=O)C(Cc1ccc(O)cc1)NC(=O)OC(C)(C)C)C(C(=O)Nc1ccccc1C)c1cc(C)ccc1C. The van der Waals surface area contributed by atoms with E-state index in [9.17, 15) is 19.5 Å². The van der Waals surface area contributed by atoms with Crippen molar-refractivity contribution in [2.45, 2.75) is 65.6 Å². The smallest absolute Gasteiger partial charge is 0.408 e. The molecule has 0 radical (unpaired) electrons. The van der Waals surface area contributed by atoms with Gasteiger partial charge in [0, 0.05) is 18.7 Å². The number of ether oxygens (including phenoxy) is 1. The fourth-order valence-electron chi connectivity index (χ4n) is 4.60. The molecule has 0 spiro atoms. The van der Waals surface area contributed by atoms with Gasteiger partial charge in [0.2, 0.25) is 5.91 Å². The average Bonchev–Trinajstić information content (AvgIpc) is 2.91. The summed E-state index contributed by atoms with van der Waals surface area (Å²) in [4.78, 5) is 42.9. The van der Waals surface area contributed by atoms with E-state index in [1.807, 2.05) is 63.2 Å². The van der Waals surface area contributed by atoms with E-state index in [1.165, 1.54) is 17.0 Å². The molecule has 0 aliphatic rings. The highest BCUT2D eigenvalue weighted by atomic mass is 16.6. The van der Waals surface area contributed by atoms with Gasteiger partial charge in [-0.25, -0.2) is 4.79 Å². The van der Waals surface area contributed by atoms with Crippen LogP contribution in [-0.4, -0.2) is 46.1 Å². The number of amides is 3. The molecule has 3 aromatic rings. The molecular formula is C34H41N3O5. The molecule has 0 aliphatic carbocycles. The molecule has 0 bridgehead atoms. The van der Waals surface area contributed by atoms with Crippen molar-refractivity contribution < 1.29 is 24.2 Å². The zero-order chi connectivity index (χ0) is 31.0. The standard InChI is InChI=1S/C34H41N3O5/c1-8-19-37(32(40)29(36-33(41)42-34(5,6)7)21-25-15-17-26(38)18-16-25)30(27-20-22(2)13-14-23(27)3)31(39)35-28-12-10-9-11-24(28)4/h8-18,20,29-30,38H,1,19,21H2,2-7H3,(H,35,39)(H,36,41).